The van der Waals surface area contributed by atoms with Crippen LogP contribution in [0.2, 0.25) is 0 Å². The third-order valence-corrected chi connectivity index (χ3v) is 3.44. The lowest BCUT2D eigenvalue weighted by atomic mass is 10.2. The van der Waals surface area contributed by atoms with Gasteiger partial charge in [0.1, 0.15) is 0 Å². The molecule has 0 saturated carbocycles. The van der Waals surface area contributed by atoms with E-state index in [9.17, 15) is 13.6 Å². The van der Waals surface area contributed by atoms with E-state index in [0.717, 1.165) is 12.1 Å². The maximum absolute atomic E-state index is 13.2. The van der Waals surface area contributed by atoms with Crippen molar-refractivity contribution in [3.8, 4) is 0 Å². The minimum Gasteiger partial charge on any atom is -0.462 e. The van der Waals surface area contributed by atoms with Crippen molar-refractivity contribution in [3.63, 3.8) is 0 Å². The highest BCUT2D eigenvalue weighted by molar-refractivity contribution is 5.94. The summed E-state index contributed by atoms with van der Waals surface area (Å²) in [6, 6.07) is 8.71. The van der Waals surface area contributed by atoms with E-state index in [-0.39, 0.29) is 6.54 Å². The Bertz CT molecular complexity index is 893. The van der Waals surface area contributed by atoms with E-state index >= 15 is 0 Å². The van der Waals surface area contributed by atoms with E-state index in [1.807, 2.05) is 0 Å². The average molecular weight is 331 g/mol. The number of fused-ring (bicyclic) bond motifs is 1. The first-order valence-electron chi connectivity index (χ1n) is 7.41. The highest BCUT2D eigenvalue weighted by atomic mass is 19.2. The predicted molar refractivity (Wildman–Crippen MR) is 85.7 cm³/mol. The zero-order chi connectivity index (χ0) is 17.1. The lowest BCUT2D eigenvalue weighted by molar-refractivity contribution is 0.0526. The fourth-order valence-corrected chi connectivity index (χ4v) is 2.27. The van der Waals surface area contributed by atoms with Gasteiger partial charge < -0.3 is 15.0 Å². The van der Waals surface area contributed by atoms with Crippen molar-refractivity contribution in [2.75, 3.05) is 11.9 Å². The van der Waals surface area contributed by atoms with Gasteiger partial charge in [0.2, 0.25) is 5.95 Å². The molecule has 0 aliphatic heterocycles. The minimum atomic E-state index is -0.891. The lowest BCUT2D eigenvalue weighted by Crippen LogP contribution is -2.04. The molecular formula is C17H15F2N3O2. The monoisotopic (exact) mass is 331 g/mol. The minimum absolute atomic E-state index is 0.280. The Labute approximate surface area is 136 Å². The molecule has 0 saturated heterocycles. The molecule has 2 aromatic carbocycles. The predicted octanol–water partition coefficient (Wildman–Crippen LogP) is 3.63. The van der Waals surface area contributed by atoms with E-state index in [1.54, 1.807) is 25.1 Å². The third kappa shape index (κ3) is 3.34. The van der Waals surface area contributed by atoms with Crippen LogP contribution < -0.4 is 5.32 Å². The summed E-state index contributed by atoms with van der Waals surface area (Å²) < 4.78 is 31.0. The lowest BCUT2D eigenvalue weighted by Gasteiger charge is -2.03. The molecule has 0 aliphatic rings. The van der Waals surface area contributed by atoms with E-state index < -0.39 is 17.6 Å². The Hall–Kier alpha value is -2.96. The molecule has 0 aliphatic carbocycles. The molecule has 0 spiro atoms. The van der Waals surface area contributed by atoms with Gasteiger partial charge in [-0.2, -0.15) is 0 Å². The van der Waals surface area contributed by atoms with Gasteiger partial charge in [0, 0.05) is 6.54 Å². The Balaban J connectivity index is 1.75. The molecule has 0 bridgehead atoms. The third-order valence-electron chi connectivity index (χ3n) is 3.44. The topological polar surface area (TPSA) is 67.0 Å². The largest absolute Gasteiger partial charge is 0.462 e. The van der Waals surface area contributed by atoms with Crippen LogP contribution in [-0.4, -0.2) is 22.5 Å². The van der Waals surface area contributed by atoms with Gasteiger partial charge in [-0.1, -0.05) is 6.07 Å². The molecule has 3 aromatic rings. The molecule has 2 N–H and O–H groups in total. The summed E-state index contributed by atoms with van der Waals surface area (Å²) in [5.74, 6) is -1.70. The van der Waals surface area contributed by atoms with E-state index in [0.29, 0.717) is 34.7 Å². The number of ether oxygens (including phenoxy) is 1. The number of halogens is 2. The van der Waals surface area contributed by atoms with Crippen molar-refractivity contribution >= 4 is 23.0 Å². The highest BCUT2D eigenvalue weighted by Gasteiger charge is 2.10. The number of aromatic nitrogens is 2. The second-order valence-corrected chi connectivity index (χ2v) is 5.14. The van der Waals surface area contributed by atoms with Crippen molar-refractivity contribution in [1.82, 2.24) is 9.97 Å². The highest BCUT2D eigenvalue weighted by Crippen LogP contribution is 2.18. The number of imidazole rings is 1. The summed E-state index contributed by atoms with van der Waals surface area (Å²) in [4.78, 5) is 19.1. The molecule has 24 heavy (non-hydrogen) atoms. The molecule has 0 unspecified atom stereocenters. The zero-order valence-corrected chi connectivity index (χ0v) is 12.9. The standard InChI is InChI=1S/C17H15F2N3O2/c1-2-24-16(23)11-4-6-14-15(8-11)22-17(21-14)20-9-10-3-5-12(18)13(19)7-10/h3-8H,2,9H2,1H3,(H2,20,21,22). The molecule has 1 heterocycles. The molecule has 5 nitrogen and oxygen atoms in total. The van der Waals surface area contributed by atoms with Crippen LogP contribution in [0.25, 0.3) is 11.0 Å². The normalized spacial score (nSPS) is 10.8. The number of benzene rings is 2. The molecule has 0 amide bonds. The Morgan fingerprint density at radius 2 is 2.04 bits per heavy atom. The molecule has 0 radical (unpaired) electrons. The number of hydrogen-bond donors (Lipinski definition) is 2. The van der Waals surface area contributed by atoms with Gasteiger partial charge in [-0.15, -0.1) is 0 Å². The maximum Gasteiger partial charge on any atom is 0.338 e. The van der Waals surface area contributed by atoms with Crippen molar-refractivity contribution in [3.05, 3.63) is 59.2 Å². The van der Waals surface area contributed by atoms with Crippen LogP contribution in [0.5, 0.6) is 0 Å². The van der Waals surface area contributed by atoms with Crippen LogP contribution in [0.3, 0.4) is 0 Å². The van der Waals surface area contributed by atoms with Gasteiger partial charge in [0.05, 0.1) is 23.2 Å². The fourth-order valence-electron chi connectivity index (χ4n) is 2.27. The Morgan fingerprint density at radius 3 is 2.79 bits per heavy atom. The average Bonchev–Trinajstić information content (AvgIpc) is 2.98. The Morgan fingerprint density at radius 1 is 1.21 bits per heavy atom. The number of aromatic amines is 1. The number of carbonyl (C=O) groups is 1. The summed E-state index contributed by atoms with van der Waals surface area (Å²) in [6.07, 6.45) is 0. The summed E-state index contributed by atoms with van der Waals surface area (Å²) in [6.45, 7) is 2.33. The summed E-state index contributed by atoms with van der Waals surface area (Å²) in [5.41, 5.74) is 2.37. The van der Waals surface area contributed by atoms with Crippen molar-refractivity contribution < 1.29 is 18.3 Å². The second-order valence-electron chi connectivity index (χ2n) is 5.14. The number of nitrogens with zero attached hydrogens (tertiary/aromatic N) is 1. The van der Waals surface area contributed by atoms with Gasteiger partial charge in [0.25, 0.3) is 0 Å². The first kappa shape index (κ1) is 15.9. The van der Waals surface area contributed by atoms with Gasteiger partial charge in [-0.05, 0) is 42.8 Å². The van der Waals surface area contributed by atoms with Crippen LogP contribution in [0.1, 0.15) is 22.8 Å². The number of hydrogen-bond acceptors (Lipinski definition) is 4. The second kappa shape index (κ2) is 6.66. The van der Waals surface area contributed by atoms with Crippen LogP contribution in [0.4, 0.5) is 14.7 Å². The van der Waals surface area contributed by atoms with Gasteiger partial charge in [0.15, 0.2) is 11.6 Å². The fraction of sp³-hybridized carbons (Fsp3) is 0.176. The number of anilines is 1. The smallest absolute Gasteiger partial charge is 0.338 e. The van der Waals surface area contributed by atoms with Crippen LogP contribution >= 0.6 is 0 Å². The quantitative estimate of drug-likeness (QED) is 0.701. The first-order chi connectivity index (χ1) is 11.6. The summed E-state index contributed by atoms with van der Waals surface area (Å²) >= 11 is 0. The van der Waals surface area contributed by atoms with Crippen molar-refractivity contribution in [2.24, 2.45) is 0 Å². The maximum atomic E-state index is 13.2. The molecular weight excluding hydrogens is 316 g/mol. The van der Waals surface area contributed by atoms with Crippen LogP contribution in [-0.2, 0) is 11.3 Å². The zero-order valence-electron chi connectivity index (χ0n) is 12.9. The van der Waals surface area contributed by atoms with Gasteiger partial charge in [-0.25, -0.2) is 18.6 Å². The van der Waals surface area contributed by atoms with E-state index in [1.165, 1.54) is 6.07 Å². The number of H-pyrrole nitrogens is 1. The van der Waals surface area contributed by atoms with Crippen molar-refractivity contribution in [1.29, 1.82) is 0 Å². The van der Waals surface area contributed by atoms with E-state index in [2.05, 4.69) is 15.3 Å². The Kier molecular flexibility index (Phi) is 4.41. The SMILES string of the molecule is CCOC(=O)c1ccc2nc(NCc3ccc(F)c(F)c3)[nH]c2c1. The van der Waals surface area contributed by atoms with Crippen molar-refractivity contribution in [2.45, 2.75) is 13.5 Å². The van der Waals surface area contributed by atoms with Gasteiger partial charge >= 0.3 is 5.97 Å². The summed E-state index contributed by atoms with van der Waals surface area (Å²) in [7, 11) is 0. The number of esters is 1. The molecule has 124 valence electrons. The number of carbonyl (C=O) groups excluding carboxylic acids is 1. The summed E-state index contributed by atoms with van der Waals surface area (Å²) in [5, 5.41) is 3.00. The number of rotatable bonds is 5. The van der Waals surface area contributed by atoms with Crippen LogP contribution in [0, 0.1) is 11.6 Å². The van der Waals surface area contributed by atoms with Gasteiger partial charge in [-0.3, -0.25) is 0 Å². The molecule has 7 heteroatoms. The molecule has 1 aromatic heterocycles. The molecule has 3 rings (SSSR count). The first-order valence-corrected chi connectivity index (χ1v) is 7.41. The van der Waals surface area contributed by atoms with Crippen LogP contribution in [0.15, 0.2) is 36.4 Å². The molecule has 0 fully saturated rings. The molecule has 0 atom stereocenters. The van der Waals surface area contributed by atoms with E-state index in [4.69, 9.17) is 4.74 Å². The number of nitrogens with one attached hydrogen (secondary N) is 2.